The number of anilines is 1. The van der Waals surface area contributed by atoms with Gasteiger partial charge in [-0.15, -0.1) is 0 Å². The molecule has 0 saturated carbocycles. The van der Waals surface area contributed by atoms with Crippen molar-refractivity contribution in [3.63, 3.8) is 0 Å². The Morgan fingerprint density at radius 1 is 1.00 bits per heavy atom. The summed E-state index contributed by atoms with van der Waals surface area (Å²) in [7, 11) is -0.564. The lowest BCUT2D eigenvalue weighted by atomic mass is 9.97. The molecule has 0 spiro atoms. The summed E-state index contributed by atoms with van der Waals surface area (Å²) in [5, 5.41) is 5.49. The largest absolute Gasteiger partial charge is 0.493 e. The minimum atomic E-state index is -3.59. The Morgan fingerprint density at radius 3 is 2.21 bits per heavy atom. The zero-order chi connectivity index (χ0) is 24.9. The fourth-order valence-electron chi connectivity index (χ4n) is 3.78. The molecule has 2 N–H and O–H groups in total. The van der Waals surface area contributed by atoms with E-state index in [9.17, 15) is 18.0 Å². The van der Waals surface area contributed by atoms with E-state index in [-0.39, 0.29) is 35.7 Å². The first-order valence-corrected chi connectivity index (χ1v) is 12.5. The number of sulfonamides is 1. The molecule has 9 nitrogen and oxygen atoms in total. The summed E-state index contributed by atoms with van der Waals surface area (Å²) >= 11 is 0. The molecule has 0 bridgehead atoms. The molecule has 3 rings (SSSR count). The van der Waals surface area contributed by atoms with Crippen LogP contribution in [-0.2, 0) is 19.6 Å². The van der Waals surface area contributed by atoms with Crippen LogP contribution in [0.2, 0.25) is 0 Å². The molecule has 0 radical (unpaired) electrons. The minimum Gasteiger partial charge on any atom is -0.493 e. The second kappa shape index (κ2) is 10.9. The van der Waals surface area contributed by atoms with Crippen molar-refractivity contribution in [1.82, 2.24) is 9.62 Å². The number of rotatable bonds is 8. The first-order valence-electron chi connectivity index (χ1n) is 11.1. The normalized spacial score (nSPS) is 15.9. The second-order valence-electron chi connectivity index (χ2n) is 8.28. The van der Waals surface area contributed by atoms with Gasteiger partial charge in [0.15, 0.2) is 11.5 Å². The number of ether oxygens (including phenoxy) is 2. The Morgan fingerprint density at radius 2 is 1.62 bits per heavy atom. The zero-order valence-electron chi connectivity index (χ0n) is 19.8. The number of amides is 2. The van der Waals surface area contributed by atoms with E-state index < -0.39 is 16.1 Å². The number of hydrogen-bond donors (Lipinski definition) is 2. The third kappa shape index (κ3) is 5.87. The van der Waals surface area contributed by atoms with Crippen molar-refractivity contribution < 1.29 is 27.5 Å². The van der Waals surface area contributed by atoms with Gasteiger partial charge in [0.2, 0.25) is 21.8 Å². The molecule has 10 heteroatoms. The molecule has 0 aliphatic carbocycles. The number of carbonyl (C=O) groups excluding carboxylic acids is 2. The highest BCUT2D eigenvalue weighted by atomic mass is 32.2. The van der Waals surface area contributed by atoms with Gasteiger partial charge >= 0.3 is 0 Å². The Balaban J connectivity index is 1.53. The van der Waals surface area contributed by atoms with Crippen molar-refractivity contribution >= 4 is 27.5 Å². The molecule has 184 valence electrons. The molecule has 0 aromatic heterocycles. The van der Waals surface area contributed by atoms with Crippen LogP contribution in [0.3, 0.4) is 0 Å². The van der Waals surface area contributed by atoms with Crippen LogP contribution < -0.4 is 20.1 Å². The summed E-state index contributed by atoms with van der Waals surface area (Å²) in [6.07, 6.45) is 0.780. The molecule has 1 fully saturated rings. The molecule has 0 unspecified atom stereocenters. The van der Waals surface area contributed by atoms with Gasteiger partial charge in [0.05, 0.1) is 19.1 Å². The molecule has 1 heterocycles. The van der Waals surface area contributed by atoms with Crippen molar-refractivity contribution in [3.8, 4) is 11.5 Å². The van der Waals surface area contributed by atoms with Gasteiger partial charge in [0.25, 0.3) is 0 Å². The van der Waals surface area contributed by atoms with Gasteiger partial charge in [-0.3, -0.25) is 9.59 Å². The van der Waals surface area contributed by atoms with Gasteiger partial charge < -0.3 is 20.1 Å². The fraction of sp³-hybridized carbons (Fsp3) is 0.417. The Labute approximate surface area is 200 Å². The number of piperidine rings is 1. The van der Waals surface area contributed by atoms with E-state index in [2.05, 4.69) is 10.6 Å². The highest BCUT2D eigenvalue weighted by Gasteiger charge is 2.33. The Bertz CT molecular complexity index is 1130. The molecule has 2 aromatic rings. The van der Waals surface area contributed by atoms with Gasteiger partial charge in [-0.25, -0.2) is 8.42 Å². The number of nitrogens with zero attached hydrogens (tertiary/aromatic N) is 1. The monoisotopic (exact) mass is 489 g/mol. The smallest absolute Gasteiger partial charge is 0.246 e. The summed E-state index contributed by atoms with van der Waals surface area (Å²) in [4.78, 5) is 25.5. The maximum absolute atomic E-state index is 12.9. The molecule has 2 amide bonds. The third-order valence-electron chi connectivity index (χ3n) is 5.89. The number of benzene rings is 2. The maximum atomic E-state index is 12.9. The predicted molar refractivity (Wildman–Crippen MR) is 128 cm³/mol. The maximum Gasteiger partial charge on any atom is 0.246 e. The lowest BCUT2D eigenvalue weighted by Crippen LogP contribution is -2.47. The van der Waals surface area contributed by atoms with Crippen molar-refractivity contribution in [3.05, 3.63) is 48.0 Å². The molecule has 1 atom stereocenters. The second-order valence-corrected chi connectivity index (χ2v) is 10.2. The number of carbonyl (C=O) groups is 2. The van der Waals surface area contributed by atoms with Gasteiger partial charge in [-0.05, 0) is 51.0 Å². The summed E-state index contributed by atoms with van der Waals surface area (Å²) in [6, 6.07) is 11.0. The Kier molecular flexibility index (Phi) is 8.16. The number of methoxy groups -OCH3 is 2. The zero-order valence-corrected chi connectivity index (χ0v) is 20.6. The van der Waals surface area contributed by atoms with Crippen LogP contribution in [-0.4, -0.2) is 57.9 Å². The number of aryl methyl sites for hydroxylation is 1. The lowest BCUT2D eigenvalue weighted by molar-refractivity contribution is -0.129. The van der Waals surface area contributed by atoms with E-state index in [1.54, 1.807) is 49.4 Å². The van der Waals surface area contributed by atoms with E-state index >= 15 is 0 Å². The van der Waals surface area contributed by atoms with Crippen molar-refractivity contribution in [1.29, 1.82) is 0 Å². The molecular formula is C24H31N3O6S. The van der Waals surface area contributed by atoms with Crippen molar-refractivity contribution in [2.45, 2.75) is 37.6 Å². The van der Waals surface area contributed by atoms with E-state index in [1.165, 1.54) is 18.5 Å². The first kappa shape index (κ1) is 25.5. The average Bonchev–Trinajstić information content (AvgIpc) is 2.84. The van der Waals surface area contributed by atoms with Crippen molar-refractivity contribution in [2.75, 3.05) is 32.6 Å². The molecule has 2 aromatic carbocycles. The standard InChI is InChI=1S/C24H31N3O6S/c1-16-5-8-20(9-6-16)34(30,31)27-13-11-18(12-14-27)24(29)25-17(2)23(28)26-19-7-10-21(32-3)22(15-19)33-4/h5-10,15,17-18H,11-14H2,1-4H3,(H,25,29)(H,26,28)/t17-/m1/s1. The third-order valence-corrected chi connectivity index (χ3v) is 7.80. The summed E-state index contributed by atoms with van der Waals surface area (Å²) in [6.45, 7) is 4.00. The fourth-order valence-corrected chi connectivity index (χ4v) is 5.25. The van der Waals surface area contributed by atoms with Crippen LogP contribution in [0, 0.1) is 12.8 Å². The van der Waals surface area contributed by atoms with Crippen LogP contribution in [0.25, 0.3) is 0 Å². The van der Waals surface area contributed by atoms with Crippen LogP contribution >= 0.6 is 0 Å². The molecule has 1 aliphatic heterocycles. The summed E-state index contributed by atoms with van der Waals surface area (Å²) in [5.74, 6) is 0.0185. The number of nitrogens with one attached hydrogen (secondary N) is 2. The lowest BCUT2D eigenvalue weighted by Gasteiger charge is -2.31. The quantitative estimate of drug-likeness (QED) is 0.589. The van der Waals surface area contributed by atoms with Crippen molar-refractivity contribution in [2.24, 2.45) is 5.92 Å². The predicted octanol–water partition coefficient (Wildman–Crippen LogP) is 2.56. The van der Waals surface area contributed by atoms with E-state index in [1.807, 2.05) is 6.92 Å². The van der Waals surface area contributed by atoms with Gasteiger partial charge in [-0.1, -0.05) is 17.7 Å². The van der Waals surface area contributed by atoms with E-state index in [0.717, 1.165) is 5.56 Å². The van der Waals surface area contributed by atoms with Crippen LogP contribution in [0.1, 0.15) is 25.3 Å². The van der Waals surface area contributed by atoms with Gasteiger partial charge in [-0.2, -0.15) is 4.31 Å². The molecule has 1 aliphatic rings. The van der Waals surface area contributed by atoms with Crippen LogP contribution in [0.5, 0.6) is 11.5 Å². The van der Waals surface area contributed by atoms with Gasteiger partial charge in [0.1, 0.15) is 6.04 Å². The molecule has 1 saturated heterocycles. The Hall–Kier alpha value is -3.11. The molecule has 34 heavy (non-hydrogen) atoms. The van der Waals surface area contributed by atoms with Gasteiger partial charge in [0, 0.05) is 30.8 Å². The van der Waals surface area contributed by atoms with Crippen LogP contribution in [0.15, 0.2) is 47.4 Å². The number of hydrogen-bond acceptors (Lipinski definition) is 6. The highest BCUT2D eigenvalue weighted by molar-refractivity contribution is 7.89. The first-order chi connectivity index (χ1) is 16.1. The summed E-state index contributed by atoms with van der Waals surface area (Å²) in [5.41, 5.74) is 1.50. The highest BCUT2D eigenvalue weighted by Crippen LogP contribution is 2.30. The van der Waals surface area contributed by atoms with E-state index in [0.29, 0.717) is 30.0 Å². The van der Waals surface area contributed by atoms with Crippen LogP contribution in [0.4, 0.5) is 5.69 Å². The average molecular weight is 490 g/mol. The SMILES string of the molecule is COc1ccc(NC(=O)[C@@H](C)NC(=O)C2CCN(S(=O)(=O)c3ccc(C)cc3)CC2)cc1OC. The van der Waals surface area contributed by atoms with E-state index in [4.69, 9.17) is 9.47 Å². The molecular weight excluding hydrogens is 458 g/mol. The summed E-state index contributed by atoms with van der Waals surface area (Å²) < 4.78 is 37.5. The topological polar surface area (TPSA) is 114 Å². The minimum absolute atomic E-state index is 0.251.